The summed E-state index contributed by atoms with van der Waals surface area (Å²) in [6.07, 6.45) is -3.42. The molecule has 3 rings (SSSR count). The molecular weight excluding hydrogens is 366 g/mol. The Morgan fingerprint density at radius 1 is 1.19 bits per heavy atom. The SMILES string of the molecule is CNC1(c2cc(F)ccc2OCc2ccccc2)C(F)C1F.O=C(O)CF. The van der Waals surface area contributed by atoms with Crippen LogP contribution < -0.4 is 10.1 Å². The van der Waals surface area contributed by atoms with E-state index < -0.39 is 36.3 Å². The van der Waals surface area contributed by atoms with Gasteiger partial charge in [0.25, 0.3) is 0 Å². The van der Waals surface area contributed by atoms with E-state index in [1.807, 2.05) is 30.3 Å². The first kappa shape index (κ1) is 20.7. The molecule has 0 heterocycles. The Morgan fingerprint density at radius 2 is 1.78 bits per heavy atom. The average Bonchev–Trinajstić information content (AvgIpc) is 3.22. The van der Waals surface area contributed by atoms with E-state index in [0.717, 1.165) is 11.6 Å². The summed E-state index contributed by atoms with van der Waals surface area (Å²) in [7, 11) is 1.46. The van der Waals surface area contributed by atoms with Crippen LogP contribution in [0.15, 0.2) is 48.5 Å². The van der Waals surface area contributed by atoms with Gasteiger partial charge in [-0.2, -0.15) is 0 Å². The summed E-state index contributed by atoms with van der Waals surface area (Å²) in [5.74, 6) is -1.68. The van der Waals surface area contributed by atoms with E-state index in [1.54, 1.807) is 0 Å². The fourth-order valence-corrected chi connectivity index (χ4v) is 2.70. The van der Waals surface area contributed by atoms with Crippen molar-refractivity contribution in [3.63, 3.8) is 0 Å². The zero-order valence-electron chi connectivity index (χ0n) is 14.5. The van der Waals surface area contributed by atoms with Gasteiger partial charge in [0, 0.05) is 5.56 Å². The zero-order chi connectivity index (χ0) is 20.0. The minimum Gasteiger partial charge on any atom is -0.489 e. The monoisotopic (exact) mass is 385 g/mol. The maximum absolute atomic E-state index is 13.8. The van der Waals surface area contributed by atoms with Gasteiger partial charge in [0.05, 0.1) is 0 Å². The minimum absolute atomic E-state index is 0.172. The van der Waals surface area contributed by atoms with Crippen LogP contribution in [0.1, 0.15) is 11.1 Å². The van der Waals surface area contributed by atoms with Crippen molar-refractivity contribution in [2.24, 2.45) is 0 Å². The first-order valence-corrected chi connectivity index (χ1v) is 8.08. The van der Waals surface area contributed by atoms with Gasteiger partial charge in [-0.25, -0.2) is 22.4 Å². The lowest BCUT2D eigenvalue weighted by Gasteiger charge is -2.19. The van der Waals surface area contributed by atoms with Gasteiger partial charge in [-0.15, -0.1) is 0 Å². The predicted octanol–water partition coefficient (Wildman–Crippen LogP) is 3.55. The molecule has 0 bridgehead atoms. The van der Waals surface area contributed by atoms with Gasteiger partial charge < -0.3 is 15.2 Å². The van der Waals surface area contributed by atoms with E-state index in [1.165, 1.54) is 19.2 Å². The van der Waals surface area contributed by atoms with E-state index in [0.29, 0.717) is 0 Å². The number of hydrogen-bond donors (Lipinski definition) is 2. The molecule has 1 fully saturated rings. The van der Waals surface area contributed by atoms with E-state index in [4.69, 9.17) is 14.6 Å². The highest BCUT2D eigenvalue weighted by Crippen LogP contribution is 2.53. The second-order valence-corrected chi connectivity index (χ2v) is 5.86. The van der Waals surface area contributed by atoms with Crippen molar-refractivity contribution in [2.45, 2.75) is 24.5 Å². The molecule has 2 N–H and O–H groups in total. The molecule has 146 valence electrons. The van der Waals surface area contributed by atoms with Crippen LogP contribution in [0.4, 0.5) is 17.6 Å². The summed E-state index contributed by atoms with van der Waals surface area (Å²) in [4.78, 5) is 8.99. The van der Waals surface area contributed by atoms with Crippen LogP contribution in [-0.2, 0) is 16.9 Å². The van der Waals surface area contributed by atoms with Crippen LogP contribution in [0, 0.1) is 5.82 Å². The smallest absolute Gasteiger partial charge is 0.335 e. The van der Waals surface area contributed by atoms with Gasteiger partial charge in [0.1, 0.15) is 23.7 Å². The number of carbonyl (C=O) groups is 1. The molecule has 0 aliphatic heterocycles. The van der Waals surface area contributed by atoms with Crippen LogP contribution in [0.2, 0.25) is 0 Å². The number of aliphatic carboxylic acids is 1. The quantitative estimate of drug-likeness (QED) is 0.747. The number of nitrogens with one attached hydrogen (secondary N) is 1. The molecule has 0 aromatic heterocycles. The molecule has 0 amide bonds. The average molecular weight is 385 g/mol. The van der Waals surface area contributed by atoms with E-state index in [9.17, 15) is 17.6 Å². The topological polar surface area (TPSA) is 58.6 Å². The van der Waals surface area contributed by atoms with Gasteiger partial charge in [0.2, 0.25) is 0 Å². The molecule has 1 saturated carbocycles. The van der Waals surface area contributed by atoms with Crippen molar-refractivity contribution < 1.29 is 32.2 Å². The number of benzene rings is 2. The van der Waals surface area contributed by atoms with Gasteiger partial charge in [-0.05, 0) is 30.8 Å². The molecule has 0 saturated heterocycles. The summed E-state index contributed by atoms with van der Waals surface area (Å²) >= 11 is 0. The Labute approximate surface area is 153 Å². The number of carboxylic acid groups (broad SMARTS) is 1. The molecule has 27 heavy (non-hydrogen) atoms. The van der Waals surface area contributed by atoms with Crippen molar-refractivity contribution in [1.29, 1.82) is 0 Å². The van der Waals surface area contributed by atoms with Crippen molar-refractivity contribution >= 4 is 5.97 Å². The zero-order valence-corrected chi connectivity index (χ0v) is 14.5. The third-order valence-corrected chi connectivity index (χ3v) is 4.17. The van der Waals surface area contributed by atoms with E-state index in [2.05, 4.69) is 5.32 Å². The normalized spacial score (nSPS) is 23.1. The summed E-state index contributed by atoms with van der Waals surface area (Å²) in [5, 5.41) is 9.98. The van der Waals surface area contributed by atoms with Crippen molar-refractivity contribution in [2.75, 3.05) is 13.7 Å². The molecular formula is C19H19F4NO3. The largest absolute Gasteiger partial charge is 0.489 e. The van der Waals surface area contributed by atoms with E-state index in [-0.39, 0.29) is 17.9 Å². The van der Waals surface area contributed by atoms with Crippen molar-refractivity contribution in [3.05, 3.63) is 65.5 Å². The molecule has 2 unspecified atom stereocenters. The first-order valence-electron chi connectivity index (χ1n) is 8.08. The fourth-order valence-electron chi connectivity index (χ4n) is 2.70. The lowest BCUT2D eigenvalue weighted by atomic mass is 10.0. The second-order valence-electron chi connectivity index (χ2n) is 5.86. The third-order valence-electron chi connectivity index (χ3n) is 4.17. The van der Waals surface area contributed by atoms with Gasteiger partial charge in [0.15, 0.2) is 19.0 Å². The minimum atomic E-state index is -1.71. The van der Waals surface area contributed by atoms with Crippen LogP contribution in [0.3, 0.4) is 0 Å². The number of alkyl halides is 3. The summed E-state index contributed by atoms with van der Waals surface area (Å²) in [5.41, 5.74) is -0.430. The number of hydrogen-bond acceptors (Lipinski definition) is 3. The highest BCUT2D eigenvalue weighted by atomic mass is 19.2. The lowest BCUT2D eigenvalue weighted by molar-refractivity contribution is -0.137. The Morgan fingerprint density at radius 3 is 2.26 bits per heavy atom. The Hall–Kier alpha value is -2.61. The predicted molar refractivity (Wildman–Crippen MR) is 91.3 cm³/mol. The van der Waals surface area contributed by atoms with Crippen LogP contribution >= 0.6 is 0 Å². The number of rotatable bonds is 6. The highest BCUT2D eigenvalue weighted by molar-refractivity contribution is 5.67. The first-order chi connectivity index (χ1) is 12.9. The summed E-state index contributed by atoms with van der Waals surface area (Å²) in [6, 6.07) is 13.1. The molecule has 2 atom stereocenters. The van der Waals surface area contributed by atoms with Gasteiger partial charge in [-0.1, -0.05) is 30.3 Å². The molecule has 2 aromatic carbocycles. The third kappa shape index (κ3) is 4.57. The highest BCUT2D eigenvalue weighted by Gasteiger charge is 2.69. The summed E-state index contributed by atoms with van der Waals surface area (Å²) < 4.78 is 57.2. The summed E-state index contributed by atoms with van der Waals surface area (Å²) in [6.45, 7) is -1.03. The number of ether oxygens (including phenoxy) is 1. The van der Waals surface area contributed by atoms with Crippen molar-refractivity contribution in [1.82, 2.24) is 5.32 Å². The van der Waals surface area contributed by atoms with Crippen LogP contribution in [0.25, 0.3) is 0 Å². The second kappa shape index (κ2) is 8.85. The number of carboxylic acids is 1. The fraction of sp³-hybridized carbons (Fsp3) is 0.316. The molecule has 0 radical (unpaired) electrons. The maximum atomic E-state index is 13.8. The molecule has 1 aliphatic rings. The van der Waals surface area contributed by atoms with Gasteiger partial charge in [-0.3, -0.25) is 0 Å². The number of halogens is 4. The van der Waals surface area contributed by atoms with Gasteiger partial charge >= 0.3 is 5.97 Å². The van der Waals surface area contributed by atoms with Crippen LogP contribution in [0.5, 0.6) is 5.75 Å². The Balaban J connectivity index is 0.000000465. The van der Waals surface area contributed by atoms with Crippen LogP contribution in [-0.4, -0.2) is 37.1 Å². The molecule has 8 heteroatoms. The Bertz CT molecular complexity index is 765. The van der Waals surface area contributed by atoms with E-state index >= 15 is 0 Å². The standard InChI is InChI=1S/C17H16F3NO.C2H3FO2/c1-21-17(15(19)16(17)20)13-9-12(18)7-8-14(13)22-10-11-5-3-2-4-6-11;3-1-2(4)5/h2-9,15-16,21H,10H2,1H3;1H2,(H,4,5). The molecule has 1 aliphatic carbocycles. The Kier molecular flexibility index (Phi) is 6.79. The van der Waals surface area contributed by atoms with Crippen molar-refractivity contribution in [3.8, 4) is 5.75 Å². The lowest BCUT2D eigenvalue weighted by Crippen LogP contribution is -2.30. The molecule has 0 spiro atoms. The molecule has 2 aromatic rings. The molecule has 4 nitrogen and oxygen atoms in total. The maximum Gasteiger partial charge on any atom is 0.335 e.